The van der Waals surface area contributed by atoms with Crippen LogP contribution in [0.25, 0.3) is 0 Å². The van der Waals surface area contributed by atoms with Gasteiger partial charge in [0.2, 0.25) is 0 Å². The van der Waals surface area contributed by atoms with Crippen molar-refractivity contribution in [3.05, 3.63) is 20.3 Å². The van der Waals surface area contributed by atoms with Gasteiger partial charge >= 0.3 is 57.0 Å². The first kappa shape index (κ1) is 24.8. The predicted octanol–water partition coefficient (Wildman–Crippen LogP) is 7.16. The summed E-state index contributed by atoms with van der Waals surface area (Å²) in [6.45, 7) is 11.1. The summed E-state index contributed by atoms with van der Waals surface area (Å²) in [6.07, 6.45) is 17.2. The van der Waals surface area contributed by atoms with E-state index in [9.17, 15) is 0 Å². The average molecular weight is 387 g/mol. The van der Waals surface area contributed by atoms with Crippen LogP contribution in [-0.4, -0.2) is 5.54 Å². The largest absolute Gasteiger partial charge is 0.358 e. The molecule has 2 atom stereocenters. The molecule has 2 rings (SSSR count). The molecule has 0 N–H and O–H groups in total. The minimum Gasteiger partial charge on any atom is -0.358 e. The van der Waals surface area contributed by atoms with E-state index in [2.05, 4.69) is 50.8 Å². The Morgan fingerprint density at radius 2 is 1.50 bits per heavy atom. The summed E-state index contributed by atoms with van der Waals surface area (Å²) in [5.74, 6) is 1.91. The smallest absolute Gasteiger partial charge is 0.0582 e. The van der Waals surface area contributed by atoms with Gasteiger partial charge in [-0.2, -0.15) is 25.7 Å². The van der Waals surface area contributed by atoms with Crippen LogP contribution >= 0.6 is 0 Å². The van der Waals surface area contributed by atoms with Gasteiger partial charge < -0.3 is 20.3 Å². The summed E-state index contributed by atoms with van der Waals surface area (Å²) in [6, 6.07) is 0. The molecule has 2 fully saturated rings. The summed E-state index contributed by atoms with van der Waals surface area (Å²) >= 11 is 1.55. The molecular formula is C20H40NNb-3. The summed E-state index contributed by atoms with van der Waals surface area (Å²) in [5.41, 5.74) is 0.231. The minimum absolute atomic E-state index is 0. The van der Waals surface area contributed by atoms with Gasteiger partial charge in [-0.25, -0.2) is 0 Å². The van der Waals surface area contributed by atoms with Crippen molar-refractivity contribution in [3.8, 4) is 0 Å². The molecule has 0 heterocycles. The Kier molecular flexibility index (Phi) is 17.0. The molecule has 0 spiro atoms. The molecule has 133 valence electrons. The van der Waals surface area contributed by atoms with E-state index >= 15 is 0 Å². The van der Waals surface area contributed by atoms with Crippen molar-refractivity contribution in [2.75, 3.05) is 0 Å². The average Bonchev–Trinajstić information content (AvgIpc) is 2.50. The molecule has 2 heteroatoms. The summed E-state index contributed by atoms with van der Waals surface area (Å²) in [7, 11) is 0. The van der Waals surface area contributed by atoms with Crippen molar-refractivity contribution >= 4 is 0 Å². The monoisotopic (exact) mass is 387 g/mol. The van der Waals surface area contributed by atoms with E-state index in [1.165, 1.54) is 51.4 Å². The van der Waals surface area contributed by atoms with Crippen LogP contribution in [0.15, 0.2) is 3.34 Å². The van der Waals surface area contributed by atoms with Gasteiger partial charge in [0.15, 0.2) is 0 Å². The van der Waals surface area contributed by atoms with E-state index in [-0.39, 0.29) is 13.0 Å². The van der Waals surface area contributed by atoms with Crippen LogP contribution in [0, 0.1) is 32.1 Å². The normalized spacial score (nSPS) is 24.5. The summed E-state index contributed by atoms with van der Waals surface area (Å²) in [5, 5.41) is 0. The topological polar surface area (TPSA) is 12.4 Å². The molecule has 0 aromatic rings. The predicted molar refractivity (Wildman–Crippen MR) is 97.1 cm³/mol. The van der Waals surface area contributed by atoms with Gasteiger partial charge in [-0.05, 0) is 0 Å². The van der Waals surface area contributed by atoms with E-state index in [4.69, 9.17) is 0 Å². The van der Waals surface area contributed by atoms with Crippen molar-refractivity contribution < 1.29 is 20.9 Å². The minimum atomic E-state index is 0. The number of hydrogen-bond acceptors (Lipinski definition) is 1. The van der Waals surface area contributed by atoms with Gasteiger partial charge in [0.1, 0.15) is 0 Å². The van der Waals surface area contributed by atoms with Crippen molar-refractivity contribution in [1.82, 2.24) is 0 Å². The maximum Gasteiger partial charge on any atom is -0.0582 e. The Balaban J connectivity index is 0. The molecular weight excluding hydrogens is 347 g/mol. The van der Waals surface area contributed by atoms with Crippen LogP contribution < -0.4 is 0 Å². The molecule has 0 aromatic heterocycles. The second kappa shape index (κ2) is 15.1. The van der Waals surface area contributed by atoms with Crippen LogP contribution in [0.5, 0.6) is 0 Å². The van der Waals surface area contributed by atoms with Crippen molar-refractivity contribution in [2.24, 2.45) is 15.2 Å². The summed E-state index contributed by atoms with van der Waals surface area (Å²) in [4.78, 5) is 0. The molecule has 2 unspecified atom stereocenters. The first-order valence-corrected chi connectivity index (χ1v) is 9.89. The maximum atomic E-state index is 4.19. The number of hydrogen-bond donors (Lipinski definition) is 0. The van der Waals surface area contributed by atoms with Crippen LogP contribution in [0.3, 0.4) is 0 Å². The van der Waals surface area contributed by atoms with Crippen LogP contribution in [-0.2, 0) is 20.9 Å². The number of rotatable bonds is 2. The van der Waals surface area contributed by atoms with Crippen LogP contribution in [0.2, 0.25) is 0 Å². The Hall–Kier alpha value is 0.540. The quantitative estimate of drug-likeness (QED) is 0.352. The number of nitrogens with zero attached hydrogens (tertiary/aromatic N) is 1. The van der Waals surface area contributed by atoms with E-state index in [0.717, 1.165) is 18.3 Å². The SMILES string of the molecule is CC1C[CH-]CC(C)C1.CCC(C)(C)[N]=[Nb].[CH-]1CCCCC1.[CH3-]. The Morgan fingerprint density at radius 1 is 1.00 bits per heavy atom. The van der Waals surface area contributed by atoms with E-state index in [0.29, 0.717) is 0 Å². The van der Waals surface area contributed by atoms with Gasteiger partial charge in [-0.1, -0.05) is 51.4 Å². The third-order valence-corrected chi connectivity index (χ3v) is 5.73. The standard InChI is InChI=1S/C8H15.C6H11.C5H11N.CH3.Nb/c1-7-4-3-5-8(2)6-7;1-2-4-6-5-3-1;1-4-5(2,3)6;;/h3,7-8H,4-6H2,1-2H3;1H,2-6H2;4H2,1-3H3;1H3;/q2*-1;;-1;. The van der Waals surface area contributed by atoms with Crippen LogP contribution in [0.4, 0.5) is 0 Å². The molecule has 22 heavy (non-hydrogen) atoms. The maximum absolute atomic E-state index is 4.19. The van der Waals surface area contributed by atoms with Gasteiger partial charge in [0, 0.05) is 0 Å². The van der Waals surface area contributed by atoms with Crippen molar-refractivity contribution in [1.29, 1.82) is 0 Å². The van der Waals surface area contributed by atoms with Gasteiger partial charge in [0.05, 0.1) is 0 Å². The fourth-order valence-electron chi connectivity index (χ4n) is 2.51. The molecule has 0 amide bonds. The van der Waals surface area contributed by atoms with E-state index in [1.54, 1.807) is 20.9 Å². The third-order valence-electron chi connectivity index (χ3n) is 4.40. The Morgan fingerprint density at radius 3 is 1.64 bits per heavy atom. The Bertz CT molecular complexity index is 227. The summed E-state index contributed by atoms with van der Waals surface area (Å²) < 4.78 is 4.19. The van der Waals surface area contributed by atoms with Gasteiger partial charge in [-0.15, -0.1) is 0 Å². The molecule has 2 aliphatic rings. The zero-order valence-corrected chi connectivity index (χ0v) is 18.3. The second-order valence-corrected chi connectivity index (χ2v) is 7.89. The zero-order chi connectivity index (χ0) is 16.1. The van der Waals surface area contributed by atoms with Gasteiger partial charge in [-0.3, -0.25) is 0 Å². The molecule has 0 saturated heterocycles. The molecule has 0 aromatic carbocycles. The fourth-order valence-corrected chi connectivity index (χ4v) is 2.86. The molecule has 1 nitrogen and oxygen atoms in total. The van der Waals surface area contributed by atoms with Crippen molar-refractivity contribution in [2.45, 2.75) is 97.9 Å². The molecule has 0 bridgehead atoms. The van der Waals surface area contributed by atoms with Gasteiger partial charge in [0.25, 0.3) is 0 Å². The van der Waals surface area contributed by atoms with E-state index < -0.39 is 0 Å². The Labute approximate surface area is 154 Å². The molecule has 0 radical (unpaired) electrons. The van der Waals surface area contributed by atoms with E-state index in [1.807, 2.05) is 0 Å². The third kappa shape index (κ3) is 15.4. The molecule has 0 aliphatic heterocycles. The molecule has 2 aliphatic carbocycles. The zero-order valence-electron chi connectivity index (χ0n) is 16.1. The first-order chi connectivity index (χ1) is 9.91. The van der Waals surface area contributed by atoms with Crippen molar-refractivity contribution in [3.63, 3.8) is 0 Å². The second-order valence-electron chi connectivity index (χ2n) is 7.40. The fraction of sp³-hybridized carbons (Fsp3) is 0.850. The van der Waals surface area contributed by atoms with Crippen LogP contribution in [0.1, 0.15) is 92.4 Å². The molecule has 2 saturated carbocycles. The first-order valence-electron chi connectivity index (χ1n) is 8.90.